The molecule has 0 aliphatic rings. The van der Waals surface area contributed by atoms with Gasteiger partial charge in [0.1, 0.15) is 0 Å². The fourth-order valence-electron chi connectivity index (χ4n) is 3.64. The number of carbonyl (C=O) groups is 1. The molecule has 166 valence electrons. The molecule has 0 spiro atoms. The van der Waals surface area contributed by atoms with Gasteiger partial charge in [-0.05, 0) is 18.6 Å². The number of rotatable bonds is 19. The van der Waals surface area contributed by atoms with Crippen LogP contribution in [0.15, 0.2) is 24.3 Å². The highest BCUT2D eigenvalue weighted by Crippen LogP contribution is 2.26. The second kappa shape index (κ2) is 18.5. The third-order valence-corrected chi connectivity index (χ3v) is 5.36. The van der Waals surface area contributed by atoms with Crippen molar-refractivity contribution in [3.8, 4) is 11.5 Å². The lowest BCUT2D eigenvalue weighted by Crippen LogP contribution is -2.04. The van der Waals surface area contributed by atoms with Crippen molar-refractivity contribution in [1.29, 1.82) is 0 Å². The van der Waals surface area contributed by atoms with Gasteiger partial charge in [0.2, 0.25) is 0 Å². The van der Waals surface area contributed by atoms with Gasteiger partial charge in [-0.3, -0.25) is 4.79 Å². The monoisotopic (exact) mass is 404 g/mol. The average Bonchev–Trinajstić information content (AvgIpc) is 2.71. The number of hydrogen-bond donors (Lipinski definition) is 0. The zero-order valence-electron chi connectivity index (χ0n) is 19.1. The van der Waals surface area contributed by atoms with Crippen molar-refractivity contribution in [3.63, 3.8) is 0 Å². The van der Waals surface area contributed by atoms with Crippen molar-refractivity contribution < 1.29 is 14.3 Å². The van der Waals surface area contributed by atoms with Crippen LogP contribution in [0.1, 0.15) is 117 Å². The Morgan fingerprint density at radius 1 is 0.655 bits per heavy atom. The highest BCUT2D eigenvalue weighted by Gasteiger charge is 2.06. The molecule has 0 aromatic heterocycles. The average molecular weight is 405 g/mol. The molecule has 0 aliphatic heterocycles. The fourth-order valence-corrected chi connectivity index (χ4v) is 3.64. The van der Waals surface area contributed by atoms with E-state index in [0.717, 1.165) is 6.42 Å². The van der Waals surface area contributed by atoms with Gasteiger partial charge in [-0.2, -0.15) is 0 Å². The number of para-hydroxylation sites is 2. The standard InChI is InChI=1S/C26H44O3/c1-3-4-5-6-7-8-9-10-11-12-13-14-15-16-17-20-23-28-25-21-18-19-22-26(25)29-24(2)27/h18-19,21-22H,3-17,20,23H2,1-2H3. The second-order valence-electron chi connectivity index (χ2n) is 8.19. The number of carbonyl (C=O) groups excluding carboxylic acids is 1. The Bertz CT molecular complexity index is 512. The first-order valence-corrected chi connectivity index (χ1v) is 12.1. The summed E-state index contributed by atoms with van der Waals surface area (Å²) in [6.07, 6.45) is 21.8. The van der Waals surface area contributed by atoms with Crippen LogP contribution in [0.25, 0.3) is 0 Å². The van der Waals surface area contributed by atoms with Gasteiger partial charge in [-0.15, -0.1) is 0 Å². The lowest BCUT2D eigenvalue weighted by molar-refractivity contribution is -0.132. The zero-order chi connectivity index (χ0) is 21.0. The van der Waals surface area contributed by atoms with E-state index in [2.05, 4.69) is 6.92 Å². The Morgan fingerprint density at radius 2 is 1.07 bits per heavy atom. The maximum atomic E-state index is 11.1. The van der Waals surface area contributed by atoms with Crippen LogP contribution in [0.3, 0.4) is 0 Å². The number of esters is 1. The lowest BCUT2D eigenvalue weighted by atomic mass is 10.0. The maximum Gasteiger partial charge on any atom is 0.308 e. The predicted octanol–water partition coefficient (Wildman–Crippen LogP) is 8.25. The maximum absolute atomic E-state index is 11.1. The van der Waals surface area contributed by atoms with Crippen LogP contribution in [0.5, 0.6) is 11.5 Å². The van der Waals surface area contributed by atoms with Crippen LogP contribution >= 0.6 is 0 Å². The van der Waals surface area contributed by atoms with Crippen LogP contribution in [0.4, 0.5) is 0 Å². The number of benzene rings is 1. The molecular weight excluding hydrogens is 360 g/mol. The van der Waals surface area contributed by atoms with Gasteiger partial charge in [0.15, 0.2) is 11.5 Å². The minimum Gasteiger partial charge on any atom is -0.490 e. The molecule has 1 aromatic carbocycles. The molecule has 0 heterocycles. The van der Waals surface area contributed by atoms with Gasteiger partial charge in [0.05, 0.1) is 6.61 Å². The summed E-state index contributed by atoms with van der Waals surface area (Å²) in [7, 11) is 0. The van der Waals surface area contributed by atoms with Crippen molar-refractivity contribution >= 4 is 5.97 Å². The van der Waals surface area contributed by atoms with E-state index in [-0.39, 0.29) is 5.97 Å². The third kappa shape index (κ3) is 15.1. The number of ether oxygens (including phenoxy) is 2. The van der Waals surface area contributed by atoms with E-state index in [1.807, 2.05) is 18.2 Å². The first kappa shape index (κ1) is 25.5. The minimum atomic E-state index is -0.316. The normalized spacial score (nSPS) is 10.8. The second-order valence-corrected chi connectivity index (χ2v) is 8.19. The van der Waals surface area contributed by atoms with Crippen LogP contribution in [-0.4, -0.2) is 12.6 Å². The van der Waals surface area contributed by atoms with E-state index < -0.39 is 0 Å². The summed E-state index contributed by atoms with van der Waals surface area (Å²) in [5, 5.41) is 0. The van der Waals surface area contributed by atoms with Gasteiger partial charge < -0.3 is 9.47 Å². The van der Waals surface area contributed by atoms with Gasteiger partial charge in [-0.25, -0.2) is 0 Å². The molecule has 0 amide bonds. The predicted molar refractivity (Wildman–Crippen MR) is 123 cm³/mol. The van der Waals surface area contributed by atoms with Gasteiger partial charge in [0, 0.05) is 6.92 Å². The molecule has 0 unspecified atom stereocenters. The molecule has 3 nitrogen and oxygen atoms in total. The van der Waals surface area contributed by atoms with E-state index in [1.165, 1.54) is 103 Å². The Hall–Kier alpha value is -1.51. The molecular formula is C26H44O3. The quantitative estimate of drug-likeness (QED) is 0.132. The van der Waals surface area contributed by atoms with Crippen LogP contribution in [-0.2, 0) is 4.79 Å². The smallest absolute Gasteiger partial charge is 0.308 e. The molecule has 1 aromatic rings. The lowest BCUT2D eigenvalue weighted by Gasteiger charge is -2.10. The van der Waals surface area contributed by atoms with E-state index in [4.69, 9.17) is 9.47 Å². The van der Waals surface area contributed by atoms with Gasteiger partial charge in [-0.1, -0.05) is 115 Å². The van der Waals surface area contributed by atoms with Gasteiger partial charge in [0.25, 0.3) is 0 Å². The zero-order valence-corrected chi connectivity index (χ0v) is 19.1. The van der Waals surface area contributed by atoms with Crippen molar-refractivity contribution in [3.05, 3.63) is 24.3 Å². The summed E-state index contributed by atoms with van der Waals surface area (Å²) < 4.78 is 10.9. The largest absolute Gasteiger partial charge is 0.490 e. The van der Waals surface area contributed by atoms with Crippen molar-refractivity contribution in [2.24, 2.45) is 0 Å². The van der Waals surface area contributed by atoms with Crippen molar-refractivity contribution in [2.75, 3.05) is 6.61 Å². The summed E-state index contributed by atoms with van der Waals surface area (Å²) in [4.78, 5) is 11.1. The molecule has 0 saturated heterocycles. The van der Waals surface area contributed by atoms with E-state index >= 15 is 0 Å². The highest BCUT2D eigenvalue weighted by molar-refractivity contribution is 5.70. The Morgan fingerprint density at radius 3 is 1.52 bits per heavy atom. The summed E-state index contributed by atoms with van der Waals surface area (Å²) in [5.74, 6) is 0.851. The minimum absolute atomic E-state index is 0.316. The topological polar surface area (TPSA) is 35.5 Å². The molecule has 0 aliphatic carbocycles. The summed E-state index contributed by atoms with van der Waals surface area (Å²) in [5.41, 5.74) is 0. The molecule has 0 radical (unpaired) electrons. The van der Waals surface area contributed by atoms with E-state index in [0.29, 0.717) is 18.1 Å². The molecule has 3 heteroatoms. The molecule has 1 rings (SSSR count). The summed E-state index contributed by atoms with van der Waals surface area (Å²) in [6.45, 7) is 4.37. The molecule has 0 fully saturated rings. The molecule has 0 N–H and O–H groups in total. The number of hydrogen-bond acceptors (Lipinski definition) is 3. The Labute approximate surface area is 179 Å². The highest BCUT2D eigenvalue weighted by atomic mass is 16.6. The van der Waals surface area contributed by atoms with Crippen LogP contribution < -0.4 is 9.47 Å². The van der Waals surface area contributed by atoms with E-state index in [9.17, 15) is 4.79 Å². The van der Waals surface area contributed by atoms with Crippen LogP contribution in [0.2, 0.25) is 0 Å². The summed E-state index contributed by atoms with van der Waals surface area (Å²) >= 11 is 0. The molecule has 0 saturated carbocycles. The number of unbranched alkanes of at least 4 members (excludes halogenated alkanes) is 15. The molecule has 0 atom stereocenters. The fraction of sp³-hybridized carbons (Fsp3) is 0.731. The Kier molecular flexibility index (Phi) is 16.3. The van der Waals surface area contributed by atoms with Crippen molar-refractivity contribution in [2.45, 2.75) is 117 Å². The SMILES string of the molecule is CCCCCCCCCCCCCCCCCCOc1ccccc1OC(C)=O. The third-order valence-electron chi connectivity index (χ3n) is 5.36. The molecule has 29 heavy (non-hydrogen) atoms. The van der Waals surface area contributed by atoms with Crippen molar-refractivity contribution in [1.82, 2.24) is 0 Å². The van der Waals surface area contributed by atoms with E-state index in [1.54, 1.807) is 6.07 Å². The van der Waals surface area contributed by atoms with Gasteiger partial charge >= 0.3 is 5.97 Å². The first-order chi connectivity index (χ1) is 14.2. The Balaban J connectivity index is 1.86. The first-order valence-electron chi connectivity index (χ1n) is 12.1. The summed E-state index contributed by atoms with van der Waals surface area (Å²) in [6, 6.07) is 7.37. The molecule has 0 bridgehead atoms. The van der Waals surface area contributed by atoms with Crippen LogP contribution in [0, 0.1) is 0 Å².